The van der Waals surface area contributed by atoms with Crippen LogP contribution in [-0.4, -0.2) is 37.5 Å². The highest BCUT2D eigenvalue weighted by Gasteiger charge is 2.52. The van der Waals surface area contributed by atoms with Crippen molar-refractivity contribution in [2.24, 2.45) is 0 Å². The smallest absolute Gasteiger partial charge is 0.399 e. The average molecular weight is 341 g/mol. The summed E-state index contributed by atoms with van der Waals surface area (Å²) in [5, 5.41) is 3.02. The Morgan fingerprint density at radius 1 is 1.26 bits per heavy atom. The van der Waals surface area contributed by atoms with Gasteiger partial charge < -0.3 is 14.2 Å². The van der Waals surface area contributed by atoms with Gasteiger partial charge in [0, 0.05) is 6.54 Å². The van der Waals surface area contributed by atoms with E-state index in [1.54, 1.807) is 0 Å². The molecule has 1 N–H and O–H groups in total. The molecule has 0 unspecified atom stereocenters. The summed E-state index contributed by atoms with van der Waals surface area (Å²) in [4.78, 5) is 1.97. The molecule has 2 aliphatic heterocycles. The van der Waals surface area contributed by atoms with Gasteiger partial charge in [-0.2, -0.15) is 0 Å². The van der Waals surface area contributed by atoms with Crippen LogP contribution in [0.15, 0.2) is 12.1 Å². The van der Waals surface area contributed by atoms with Crippen LogP contribution in [0.4, 0.5) is 10.1 Å². The molecule has 7 heteroatoms. The summed E-state index contributed by atoms with van der Waals surface area (Å²) in [5.74, 6) is -0.235. The molecule has 1 saturated heterocycles. The standard InChI is InChI=1S/C16H23BClFN2O2/c1-15(2)16(3,4)23-17(22-15)12-7-11-5-6-21(10-20-9-18)14(11)13(19)8-12/h7-8,20H,5-6,9-10H2,1-4H3. The van der Waals surface area contributed by atoms with E-state index >= 15 is 0 Å². The second kappa shape index (κ2) is 5.92. The second-order valence-corrected chi connectivity index (χ2v) is 7.42. The van der Waals surface area contributed by atoms with E-state index in [0.717, 1.165) is 24.0 Å². The van der Waals surface area contributed by atoms with E-state index in [-0.39, 0.29) is 5.82 Å². The Balaban J connectivity index is 1.86. The van der Waals surface area contributed by atoms with Gasteiger partial charge in [-0.15, -0.1) is 11.6 Å². The molecule has 2 aliphatic rings. The number of rotatable bonds is 4. The van der Waals surface area contributed by atoms with Crippen molar-refractivity contribution in [1.82, 2.24) is 5.32 Å². The molecule has 126 valence electrons. The fourth-order valence-electron chi connectivity index (χ4n) is 3.04. The van der Waals surface area contributed by atoms with Crippen molar-refractivity contribution < 1.29 is 13.7 Å². The van der Waals surface area contributed by atoms with Crippen LogP contribution < -0.4 is 15.7 Å². The van der Waals surface area contributed by atoms with Crippen LogP contribution in [0.1, 0.15) is 33.3 Å². The van der Waals surface area contributed by atoms with Gasteiger partial charge in [-0.05, 0) is 51.2 Å². The normalized spacial score (nSPS) is 21.8. The lowest BCUT2D eigenvalue weighted by molar-refractivity contribution is 0.00578. The maximum Gasteiger partial charge on any atom is 0.494 e. The van der Waals surface area contributed by atoms with Crippen LogP contribution in [0.5, 0.6) is 0 Å². The summed E-state index contributed by atoms with van der Waals surface area (Å²) < 4.78 is 26.7. The summed E-state index contributed by atoms with van der Waals surface area (Å²) in [6.45, 7) is 9.31. The van der Waals surface area contributed by atoms with E-state index in [9.17, 15) is 4.39 Å². The molecule has 0 spiro atoms. The van der Waals surface area contributed by atoms with Gasteiger partial charge in [0.05, 0.1) is 29.6 Å². The van der Waals surface area contributed by atoms with Crippen molar-refractivity contribution >= 4 is 29.9 Å². The van der Waals surface area contributed by atoms with Crippen LogP contribution in [0.3, 0.4) is 0 Å². The summed E-state index contributed by atoms with van der Waals surface area (Å²) in [7, 11) is -0.533. The second-order valence-electron chi connectivity index (χ2n) is 7.15. The molecule has 0 amide bonds. The van der Waals surface area contributed by atoms with Crippen molar-refractivity contribution in [3.05, 3.63) is 23.5 Å². The van der Waals surface area contributed by atoms with Crippen molar-refractivity contribution in [1.29, 1.82) is 0 Å². The minimum absolute atomic E-state index is 0.235. The number of anilines is 1. The van der Waals surface area contributed by atoms with Gasteiger partial charge in [0.2, 0.25) is 0 Å². The maximum absolute atomic E-state index is 14.7. The zero-order valence-electron chi connectivity index (χ0n) is 14.1. The lowest BCUT2D eigenvalue weighted by Crippen LogP contribution is -2.41. The van der Waals surface area contributed by atoms with Crippen LogP contribution in [0, 0.1) is 5.82 Å². The van der Waals surface area contributed by atoms with Crippen molar-refractivity contribution in [2.75, 3.05) is 24.1 Å². The molecule has 0 atom stereocenters. The fourth-order valence-corrected chi connectivity index (χ4v) is 3.13. The Bertz CT molecular complexity index is 596. The van der Waals surface area contributed by atoms with Gasteiger partial charge in [-0.25, -0.2) is 4.39 Å². The van der Waals surface area contributed by atoms with E-state index in [4.69, 9.17) is 20.9 Å². The Labute approximate surface area is 142 Å². The molecule has 2 heterocycles. The van der Waals surface area contributed by atoms with Gasteiger partial charge in [-0.1, -0.05) is 6.07 Å². The number of fused-ring (bicyclic) bond motifs is 1. The predicted octanol–water partition coefficient (Wildman–Crippen LogP) is 2.23. The van der Waals surface area contributed by atoms with E-state index in [1.165, 1.54) is 6.07 Å². The molecular formula is C16H23BClFN2O2. The van der Waals surface area contributed by atoms with Crippen LogP contribution in [0.2, 0.25) is 0 Å². The molecule has 0 radical (unpaired) electrons. The SMILES string of the molecule is CC1(C)OB(c2cc(F)c3c(c2)CCN3CNCCl)OC1(C)C. The van der Waals surface area contributed by atoms with Gasteiger partial charge in [0.25, 0.3) is 0 Å². The first-order valence-corrected chi connectivity index (χ1v) is 8.48. The third-order valence-electron chi connectivity index (χ3n) is 5.05. The third kappa shape index (κ3) is 2.98. The van der Waals surface area contributed by atoms with Crippen LogP contribution in [-0.2, 0) is 15.7 Å². The number of hydrogen-bond donors (Lipinski definition) is 1. The highest BCUT2D eigenvalue weighted by molar-refractivity contribution is 6.62. The first kappa shape index (κ1) is 17.0. The third-order valence-corrected chi connectivity index (χ3v) is 5.24. The topological polar surface area (TPSA) is 33.7 Å². The van der Waals surface area contributed by atoms with Crippen LogP contribution in [0.25, 0.3) is 0 Å². The van der Waals surface area contributed by atoms with Crippen molar-refractivity contribution in [3.63, 3.8) is 0 Å². The summed E-state index contributed by atoms with van der Waals surface area (Å²) in [6.07, 6.45) is 0.809. The largest absolute Gasteiger partial charge is 0.494 e. The number of nitrogens with one attached hydrogen (secondary N) is 1. The molecule has 4 nitrogen and oxygen atoms in total. The van der Waals surface area contributed by atoms with E-state index in [0.29, 0.717) is 18.4 Å². The first-order valence-electron chi connectivity index (χ1n) is 7.95. The number of halogens is 2. The van der Waals surface area contributed by atoms with Gasteiger partial charge in [0.1, 0.15) is 5.82 Å². The summed E-state index contributed by atoms with van der Waals surface area (Å²) >= 11 is 5.65. The highest BCUT2D eigenvalue weighted by atomic mass is 35.5. The monoisotopic (exact) mass is 340 g/mol. The Kier molecular flexibility index (Phi) is 4.38. The molecule has 0 aliphatic carbocycles. The molecular weight excluding hydrogens is 317 g/mol. The molecule has 1 fully saturated rings. The van der Waals surface area contributed by atoms with Crippen molar-refractivity contribution in [2.45, 2.75) is 45.3 Å². The van der Waals surface area contributed by atoms with Crippen molar-refractivity contribution in [3.8, 4) is 0 Å². The zero-order chi connectivity index (χ0) is 16.8. The van der Waals surface area contributed by atoms with E-state index < -0.39 is 18.3 Å². The quantitative estimate of drug-likeness (QED) is 0.518. The van der Waals surface area contributed by atoms with Gasteiger partial charge in [0.15, 0.2) is 0 Å². The summed E-state index contributed by atoms with van der Waals surface area (Å²) in [5.41, 5.74) is 1.54. The predicted molar refractivity (Wildman–Crippen MR) is 91.9 cm³/mol. The lowest BCUT2D eigenvalue weighted by Gasteiger charge is -2.32. The molecule has 1 aromatic carbocycles. The number of benzene rings is 1. The molecule has 23 heavy (non-hydrogen) atoms. The van der Waals surface area contributed by atoms with E-state index in [2.05, 4.69) is 5.32 Å². The molecule has 3 rings (SSSR count). The summed E-state index contributed by atoms with van der Waals surface area (Å²) in [6, 6.07) is 3.88. The minimum Gasteiger partial charge on any atom is -0.399 e. The fraction of sp³-hybridized carbons (Fsp3) is 0.625. The molecule has 1 aromatic rings. The molecule has 0 saturated carbocycles. The average Bonchev–Trinajstić information content (AvgIpc) is 2.95. The Morgan fingerprint density at radius 2 is 1.91 bits per heavy atom. The lowest BCUT2D eigenvalue weighted by atomic mass is 9.78. The van der Waals surface area contributed by atoms with Gasteiger partial charge >= 0.3 is 7.12 Å². The van der Waals surface area contributed by atoms with Gasteiger partial charge in [-0.3, -0.25) is 5.32 Å². The van der Waals surface area contributed by atoms with Crippen LogP contribution >= 0.6 is 11.6 Å². The number of nitrogens with zero attached hydrogens (tertiary/aromatic N) is 1. The number of hydrogen-bond acceptors (Lipinski definition) is 4. The molecule has 0 bridgehead atoms. The Morgan fingerprint density at radius 3 is 2.52 bits per heavy atom. The maximum atomic E-state index is 14.7. The Hall–Kier alpha value is -0.815. The first-order chi connectivity index (χ1) is 10.7. The zero-order valence-corrected chi connectivity index (χ0v) is 14.8. The minimum atomic E-state index is -0.533. The van der Waals surface area contributed by atoms with E-state index in [1.807, 2.05) is 38.7 Å². The molecule has 0 aromatic heterocycles. The number of alkyl halides is 1. The highest BCUT2D eigenvalue weighted by Crippen LogP contribution is 2.37.